The highest BCUT2D eigenvalue weighted by atomic mass is 32.1. The largest absolute Gasteiger partial charge is 0.308 e. The first-order valence-electron chi connectivity index (χ1n) is 17.2. The Labute approximate surface area is 297 Å². The fraction of sp³-hybridized carbons (Fsp3) is 0. The molecule has 11 rings (SSSR count). The molecule has 0 unspecified atom stereocenters. The number of hydrogen-bond acceptors (Lipinski definition) is 3. The van der Waals surface area contributed by atoms with Crippen molar-refractivity contribution < 1.29 is 0 Å². The van der Waals surface area contributed by atoms with Gasteiger partial charge in [0, 0.05) is 38.2 Å². The quantitative estimate of drug-likeness (QED) is 0.187. The third-order valence-electron chi connectivity index (χ3n) is 10.1. The molecular weight excluding hydrogens is 641 g/mol. The number of nitrogens with zero attached hydrogens (tertiary/aromatic N) is 4. The van der Waals surface area contributed by atoms with E-state index in [9.17, 15) is 0 Å². The summed E-state index contributed by atoms with van der Waals surface area (Å²) in [5.74, 6) is 0.668. The van der Waals surface area contributed by atoms with E-state index in [2.05, 4.69) is 179 Å². The third-order valence-corrected chi connectivity index (χ3v) is 11.4. The van der Waals surface area contributed by atoms with Gasteiger partial charge in [-0.05, 0) is 47.5 Å². The van der Waals surface area contributed by atoms with Crippen LogP contribution in [0.15, 0.2) is 170 Å². The Kier molecular flexibility index (Phi) is 6.09. The van der Waals surface area contributed by atoms with Crippen molar-refractivity contribution in [2.75, 3.05) is 0 Å². The summed E-state index contributed by atoms with van der Waals surface area (Å²) in [6, 6.07) is 60.4. The molecule has 0 saturated heterocycles. The lowest BCUT2D eigenvalue weighted by molar-refractivity contribution is 1.02. The van der Waals surface area contributed by atoms with Crippen molar-refractivity contribution in [1.82, 2.24) is 19.1 Å². The van der Waals surface area contributed by atoms with Crippen molar-refractivity contribution >= 4 is 75.3 Å². The zero-order valence-electron chi connectivity index (χ0n) is 27.4. The number of para-hydroxylation sites is 3. The first-order valence-corrected chi connectivity index (χ1v) is 18.0. The number of aromatic nitrogens is 4. The van der Waals surface area contributed by atoms with Crippen molar-refractivity contribution in [2.24, 2.45) is 0 Å². The Hall–Kier alpha value is -6.56. The van der Waals surface area contributed by atoms with E-state index in [1.54, 1.807) is 0 Å². The van der Waals surface area contributed by atoms with Gasteiger partial charge >= 0.3 is 0 Å². The number of fused-ring (bicyclic) bond motifs is 10. The van der Waals surface area contributed by atoms with Crippen molar-refractivity contribution in [3.05, 3.63) is 170 Å². The van der Waals surface area contributed by atoms with E-state index in [0.717, 1.165) is 38.9 Å². The average Bonchev–Trinajstić information content (AvgIpc) is 3.85. The van der Waals surface area contributed by atoms with E-state index in [4.69, 9.17) is 9.97 Å². The van der Waals surface area contributed by atoms with Gasteiger partial charge in [-0.1, -0.05) is 133 Å². The van der Waals surface area contributed by atoms with Crippen LogP contribution in [0.4, 0.5) is 0 Å². The van der Waals surface area contributed by atoms with Crippen LogP contribution in [0.2, 0.25) is 0 Å². The zero-order valence-corrected chi connectivity index (χ0v) is 28.2. The second-order valence-corrected chi connectivity index (χ2v) is 14.0. The lowest BCUT2D eigenvalue weighted by Crippen LogP contribution is -2.03. The summed E-state index contributed by atoms with van der Waals surface area (Å²) >= 11 is 1.87. The minimum absolute atomic E-state index is 0.668. The number of rotatable bonds is 4. The SMILES string of the molecule is c1ccc(-c2ccc3c(c2)c2ccc4c(sc5c6ccccc6n(-c6ccccc6)c45)c2n3-c2nc(-c3ccccc3)c3ccccc3n2)cc1. The van der Waals surface area contributed by atoms with Crippen LogP contribution >= 0.6 is 11.3 Å². The standard InChI is InChI=1S/C46H28N4S/c1-4-14-29(15-5-1)31-24-27-40-37(28-31)33-25-26-36-43-44(35-21-11-13-23-39(35)49(43)32-18-8-3-9-19-32)51-45(36)42(33)50(40)46-47-38-22-12-10-20-34(38)41(48-46)30-16-6-2-7-17-30/h1-28H. The Morgan fingerprint density at radius 3 is 1.80 bits per heavy atom. The summed E-state index contributed by atoms with van der Waals surface area (Å²) < 4.78 is 7.24. The van der Waals surface area contributed by atoms with Gasteiger partial charge in [-0.15, -0.1) is 11.3 Å². The molecule has 0 aliphatic heterocycles. The van der Waals surface area contributed by atoms with Crippen molar-refractivity contribution in [3.63, 3.8) is 0 Å². The normalized spacial score (nSPS) is 11.9. The number of benzene rings is 7. The molecule has 0 fully saturated rings. The van der Waals surface area contributed by atoms with Gasteiger partial charge in [0.05, 0.1) is 42.7 Å². The predicted octanol–water partition coefficient (Wildman–Crippen LogP) is 12.4. The molecule has 4 nitrogen and oxygen atoms in total. The summed E-state index contributed by atoms with van der Waals surface area (Å²) in [5, 5.41) is 5.88. The predicted molar refractivity (Wildman–Crippen MR) is 214 cm³/mol. The molecule has 0 N–H and O–H groups in total. The van der Waals surface area contributed by atoms with Gasteiger partial charge in [0.1, 0.15) is 0 Å². The van der Waals surface area contributed by atoms with Crippen LogP contribution in [-0.4, -0.2) is 19.1 Å². The molecule has 4 heterocycles. The van der Waals surface area contributed by atoms with E-state index in [1.807, 2.05) is 11.3 Å². The second-order valence-electron chi connectivity index (χ2n) is 13.0. The van der Waals surface area contributed by atoms with E-state index in [0.29, 0.717) is 5.95 Å². The lowest BCUT2D eigenvalue weighted by atomic mass is 10.0. The number of thiophene rings is 1. The van der Waals surface area contributed by atoms with Gasteiger partial charge in [-0.2, -0.15) is 0 Å². The minimum Gasteiger partial charge on any atom is -0.308 e. The monoisotopic (exact) mass is 668 g/mol. The molecule has 0 atom stereocenters. The Bertz CT molecular complexity index is 3120. The van der Waals surface area contributed by atoms with Crippen LogP contribution < -0.4 is 0 Å². The van der Waals surface area contributed by atoms with Crippen molar-refractivity contribution in [1.29, 1.82) is 0 Å². The van der Waals surface area contributed by atoms with E-state index in [-0.39, 0.29) is 0 Å². The smallest absolute Gasteiger partial charge is 0.235 e. The summed E-state index contributed by atoms with van der Waals surface area (Å²) in [4.78, 5) is 10.7. The maximum atomic E-state index is 5.41. The Morgan fingerprint density at radius 1 is 0.392 bits per heavy atom. The molecular formula is C46H28N4S. The molecule has 0 saturated carbocycles. The van der Waals surface area contributed by atoms with Crippen LogP contribution in [0, 0.1) is 0 Å². The molecule has 0 radical (unpaired) electrons. The molecule has 7 aromatic carbocycles. The van der Waals surface area contributed by atoms with E-state index >= 15 is 0 Å². The molecule has 11 aromatic rings. The van der Waals surface area contributed by atoms with Crippen LogP contribution in [0.25, 0.3) is 97.9 Å². The first kappa shape index (κ1) is 28.3. The highest BCUT2D eigenvalue weighted by molar-refractivity contribution is 7.27. The van der Waals surface area contributed by atoms with Gasteiger partial charge in [-0.3, -0.25) is 4.57 Å². The minimum atomic E-state index is 0.668. The average molecular weight is 669 g/mol. The third kappa shape index (κ3) is 4.19. The van der Waals surface area contributed by atoms with Crippen LogP contribution in [0.3, 0.4) is 0 Å². The summed E-state index contributed by atoms with van der Waals surface area (Å²) in [5.41, 5.74) is 11.1. The molecule has 238 valence electrons. The lowest BCUT2D eigenvalue weighted by Gasteiger charge is -2.12. The molecule has 0 amide bonds. The Morgan fingerprint density at radius 2 is 1.00 bits per heavy atom. The molecule has 4 aromatic heterocycles. The maximum Gasteiger partial charge on any atom is 0.235 e. The van der Waals surface area contributed by atoms with Crippen LogP contribution in [0.5, 0.6) is 0 Å². The van der Waals surface area contributed by atoms with Gasteiger partial charge in [0.15, 0.2) is 0 Å². The van der Waals surface area contributed by atoms with Gasteiger partial charge < -0.3 is 4.57 Å². The topological polar surface area (TPSA) is 35.6 Å². The van der Waals surface area contributed by atoms with E-state index in [1.165, 1.54) is 53.1 Å². The van der Waals surface area contributed by atoms with E-state index < -0.39 is 0 Å². The van der Waals surface area contributed by atoms with Crippen molar-refractivity contribution in [3.8, 4) is 34.0 Å². The fourth-order valence-electron chi connectivity index (χ4n) is 7.87. The highest BCUT2D eigenvalue weighted by Gasteiger charge is 2.24. The second kappa shape index (κ2) is 11.0. The number of hydrogen-bond donors (Lipinski definition) is 0. The summed E-state index contributed by atoms with van der Waals surface area (Å²) in [6.45, 7) is 0. The molecule has 51 heavy (non-hydrogen) atoms. The van der Waals surface area contributed by atoms with Gasteiger partial charge in [-0.25, -0.2) is 9.97 Å². The summed E-state index contributed by atoms with van der Waals surface area (Å²) in [7, 11) is 0. The molecule has 0 spiro atoms. The first-order chi connectivity index (χ1) is 25.3. The zero-order chi connectivity index (χ0) is 33.5. The Balaban J connectivity index is 1.30. The molecule has 0 aliphatic carbocycles. The van der Waals surface area contributed by atoms with Crippen LogP contribution in [-0.2, 0) is 0 Å². The molecule has 0 bridgehead atoms. The van der Waals surface area contributed by atoms with Gasteiger partial charge in [0.2, 0.25) is 5.95 Å². The maximum absolute atomic E-state index is 5.41. The molecule has 5 heteroatoms. The molecule has 0 aliphatic rings. The summed E-state index contributed by atoms with van der Waals surface area (Å²) in [6.07, 6.45) is 0. The van der Waals surface area contributed by atoms with Gasteiger partial charge in [0.25, 0.3) is 0 Å². The van der Waals surface area contributed by atoms with Crippen LogP contribution in [0.1, 0.15) is 0 Å². The fourth-order valence-corrected chi connectivity index (χ4v) is 9.23. The highest BCUT2D eigenvalue weighted by Crippen LogP contribution is 2.47. The van der Waals surface area contributed by atoms with Crippen molar-refractivity contribution in [2.45, 2.75) is 0 Å².